The molecule has 2 N–H and O–H groups in total. The lowest BCUT2D eigenvalue weighted by molar-refractivity contribution is -0.121. The Bertz CT molecular complexity index is 530. The van der Waals surface area contributed by atoms with Crippen LogP contribution in [0.5, 0.6) is 0 Å². The Hall–Kier alpha value is -1.88. The van der Waals surface area contributed by atoms with Crippen molar-refractivity contribution in [1.82, 2.24) is 10.2 Å². The lowest BCUT2D eigenvalue weighted by Gasteiger charge is -2.28. The van der Waals surface area contributed by atoms with E-state index in [4.69, 9.17) is 0 Å². The summed E-state index contributed by atoms with van der Waals surface area (Å²) in [5.41, 5.74) is 1.11. The SMILES string of the molecule is CCCNC(=O)c1ccccc1NC(=O)[C@@H]1CCCN(C)C1. The van der Waals surface area contributed by atoms with E-state index in [-0.39, 0.29) is 17.7 Å². The molecule has 0 bridgehead atoms. The topological polar surface area (TPSA) is 61.4 Å². The number of carbonyl (C=O) groups is 2. The Balaban J connectivity index is 2.05. The van der Waals surface area contributed by atoms with Gasteiger partial charge in [-0.2, -0.15) is 0 Å². The smallest absolute Gasteiger partial charge is 0.253 e. The third-order valence-electron chi connectivity index (χ3n) is 3.96. The molecule has 1 fully saturated rings. The highest BCUT2D eigenvalue weighted by Crippen LogP contribution is 2.20. The summed E-state index contributed by atoms with van der Waals surface area (Å²) < 4.78 is 0. The quantitative estimate of drug-likeness (QED) is 0.876. The molecule has 1 aromatic rings. The van der Waals surface area contributed by atoms with Crippen molar-refractivity contribution < 1.29 is 9.59 Å². The molecule has 1 aliphatic heterocycles. The third-order valence-corrected chi connectivity index (χ3v) is 3.96. The summed E-state index contributed by atoms with van der Waals surface area (Å²) in [6.45, 7) is 4.46. The van der Waals surface area contributed by atoms with Gasteiger partial charge in [0.1, 0.15) is 0 Å². The molecule has 1 atom stereocenters. The van der Waals surface area contributed by atoms with Crippen molar-refractivity contribution in [2.45, 2.75) is 26.2 Å². The van der Waals surface area contributed by atoms with Crippen LogP contribution >= 0.6 is 0 Å². The number of likely N-dealkylation sites (tertiary alicyclic amines) is 1. The van der Waals surface area contributed by atoms with Gasteiger partial charge in [0.2, 0.25) is 5.91 Å². The van der Waals surface area contributed by atoms with Crippen LogP contribution in [0.15, 0.2) is 24.3 Å². The maximum Gasteiger partial charge on any atom is 0.253 e. The largest absolute Gasteiger partial charge is 0.352 e. The first kappa shape index (κ1) is 16.5. The summed E-state index contributed by atoms with van der Waals surface area (Å²) in [6.07, 6.45) is 2.82. The predicted octanol–water partition coefficient (Wildman–Crippen LogP) is 2.11. The molecule has 2 rings (SSSR count). The van der Waals surface area contributed by atoms with Gasteiger partial charge in [0.25, 0.3) is 5.91 Å². The number of benzene rings is 1. The Labute approximate surface area is 132 Å². The normalized spacial score (nSPS) is 18.7. The van der Waals surface area contributed by atoms with Crippen molar-refractivity contribution in [3.8, 4) is 0 Å². The van der Waals surface area contributed by atoms with Crippen molar-refractivity contribution in [3.05, 3.63) is 29.8 Å². The molecule has 1 saturated heterocycles. The van der Waals surface area contributed by atoms with Crippen LogP contribution in [0.4, 0.5) is 5.69 Å². The Morgan fingerprint density at radius 1 is 1.32 bits per heavy atom. The van der Waals surface area contributed by atoms with Crippen molar-refractivity contribution >= 4 is 17.5 Å². The predicted molar refractivity (Wildman–Crippen MR) is 87.9 cm³/mol. The number of nitrogens with one attached hydrogen (secondary N) is 2. The van der Waals surface area contributed by atoms with Crippen LogP contribution in [0.1, 0.15) is 36.5 Å². The summed E-state index contributed by atoms with van der Waals surface area (Å²) in [6, 6.07) is 7.17. The van der Waals surface area contributed by atoms with E-state index in [0.717, 1.165) is 32.4 Å². The summed E-state index contributed by atoms with van der Waals surface area (Å²) in [7, 11) is 2.03. The summed E-state index contributed by atoms with van der Waals surface area (Å²) in [4.78, 5) is 26.8. The van der Waals surface area contributed by atoms with Crippen molar-refractivity contribution in [1.29, 1.82) is 0 Å². The van der Waals surface area contributed by atoms with Crippen LogP contribution in [0.25, 0.3) is 0 Å². The van der Waals surface area contributed by atoms with Crippen LogP contribution in [0.2, 0.25) is 0 Å². The molecule has 0 radical (unpaired) electrons. The second-order valence-corrected chi connectivity index (χ2v) is 5.89. The number of nitrogens with zero attached hydrogens (tertiary/aromatic N) is 1. The number of rotatable bonds is 5. The van der Waals surface area contributed by atoms with Gasteiger partial charge < -0.3 is 15.5 Å². The number of piperidine rings is 1. The fraction of sp³-hybridized carbons (Fsp3) is 0.529. The second-order valence-electron chi connectivity index (χ2n) is 5.89. The first-order valence-corrected chi connectivity index (χ1v) is 7.98. The molecule has 1 aromatic carbocycles. The number of hydrogen-bond donors (Lipinski definition) is 2. The molecule has 0 saturated carbocycles. The lowest BCUT2D eigenvalue weighted by Crippen LogP contribution is -2.38. The van der Waals surface area contributed by atoms with Crippen molar-refractivity contribution in [2.75, 3.05) is 32.0 Å². The molecule has 0 spiro atoms. The zero-order chi connectivity index (χ0) is 15.9. The average molecular weight is 303 g/mol. The zero-order valence-electron chi connectivity index (χ0n) is 13.4. The van der Waals surface area contributed by atoms with Crippen LogP contribution < -0.4 is 10.6 Å². The van der Waals surface area contributed by atoms with Gasteiger partial charge in [-0.25, -0.2) is 0 Å². The van der Waals surface area contributed by atoms with Gasteiger partial charge in [0, 0.05) is 13.1 Å². The maximum absolute atomic E-state index is 12.4. The molecule has 2 amide bonds. The van der Waals surface area contributed by atoms with Crippen LogP contribution in [0, 0.1) is 5.92 Å². The minimum absolute atomic E-state index is 0.00212. The number of carbonyl (C=O) groups excluding carboxylic acids is 2. The monoisotopic (exact) mass is 303 g/mol. The second kappa shape index (κ2) is 7.94. The van der Waals surface area contributed by atoms with Gasteiger partial charge in [-0.05, 0) is 45.0 Å². The molecular formula is C17H25N3O2. The lowest BCUT2D eigenvalue weighted by atomic mass is 9.97. The van der Waals surface area contributed by atoms with Crippen molar-refractivity contribution in [2.24, 2.45) is 5.92 Å². The van der Waals surface area contributed by atoms with Gasteiger partial charge in [0.05, 0.1) is 17.2 Å². The van der Waals surface area contributed by atoms with E-state index in [1.165, 1.54) is 0 Å². The molecule has 120 valence electrons. The number of amides is 2. The minimum atomic E-state index is -0.140. The van der Waals surface area contributed by atoms with Gasteiger partial charge >= 0.3 is 0 Å². The Morgan fingerprint density at radius 2 is 2.09 bits per heavy atom. The number of para-hydroxylation sites is 1. The molecular weight excluding hydrogens is 278 g/mol. The fourth-order valence-corrected chi connectivity index (χ4v) is 2.74. The highest BCUT2D eigenvalue weighted by Gasteiger charge is 2.24. The molecule has 1 heterocycles. The van der Waals surface area contributed by atoms with Crippen LogP contribution in [-0.2, 0) is 4.79 Å². The van der Waals surface area contributed by atoms with Gasteiger partial charge in [-0.3, -0.25) is 9.59 Å². The maximum atomic E-state index is 12.4. The first-order chi connectivity index (χ1) is 10.6. The van der Waals surface area contributed by atoms with Crippen molar-refractivity contribution in [3.63, 3.8) is 0 Å². The molecule has 22 heavy (non-hydrogen) atoms. The van der Waals surface area contributed by atoms with E-state index in [1.54, 1.807) is 12.1 Å². The Morgan fingerprint density at radius 3 is 2.82 bits per heavy atom. The minimum Gasteiger partial charge on any atom is -0.352 e. The molecule has 0 aromatic heterocycles. The third kappa shape index (κ3) is 4.31. The van der Waals surface area contributed by atoms with Gasteiger partial charge in [-0.1, -0.05) is 19.1 Å². The van der Waals surface area contributed by atoms with Gasteiger partial charge in [-0.15, -0.1) is 0 Å². The zero-order valence-corrected chi connectivity index (χ0v) is 13.4. The van der Waals surface area contributed by atoms with E-state index in [1.807, 2.05) is 26.1 Å². The van der Waals surface area contributed by atoms with E-state index in [2.05, 4.69) is 15.5 Å². The summed E-state index contributed by atoms with van der Waals surface area (Å²) in [5, 5.41) is 5.78. The number of anilines is 1. The summed E-state index contributed by atoms with van der Waals surface area (Å²) in [5.74, 6) is -0.147. The van der Waals surface area contributed by atoms with E-state index in [9.17, 15) is 9.59 Å². The standard InChI is InChI=1S/C17H25N3O2/c1-3-10-18-17(22)14-8-4-5-9-15(14)19-16(21)13-7-6-11-20(2)12-13/h4-5,8-9,13H,3,6-7,10-12H2,1-2H3,(H,18,22)(H,19,21)/t13-/m1/s1. The molecule has 5 heteroatoms. The fourth-order valence-electron chi connectivity index (χ4n) is 2.74. The van der Waals surface area contributed by atoms with Gasteiger partial charge in [0.15, 0.2) is 0 Å². The molecule has 0 aliphatic carbocycles. The molecule has 0 unspecified atom stereocenters. The van der Waals surface area contributed by atoms with Crippen LogP contribution in [0.3, 0.4) is 0 Å². The average Bonchev–Trinajstić information content (AvgIpc) is 2.53. The Kier molecular flexibility index (Phi) is 5.95. The van der Waals surface area contributed by atoms with E-state index < -0.39 is 0 Å². The highest BCUT2D eigenvalue weighted by molar-refractivity contribution is 6.04. The first-order valence-electron chi connectivity index (χ1n) is 7.98. The summed E-state index contributed by atoms with van der Waals surface area (Å²) >= 11 is 0. The molecule has 5 nitrogen and oxygen atoms in total. The number of hydrogen-bond acceptors (Lipinski definition) is 3. The van der Waals surface area contributed by atoms with Crippen LogP contribution in [-0.4, -0.2) is 43.4 Å². The molecule has 1 aliphatic rings. The van der Waals surface area contributed by atoms with E-state index >= 15 is 0 Å². The highest BCUT2D eigenvalue weighted by atomic mass is 16.2. The van der Waals surface area contributed by atoms with E-state index in [0.29, 0.717) is 17.8 Å².